The van der Waals surface area contributed by atoms with Crippen LogP contribution in [0, 0.1) is 6.92 Å². The minimum atomic E-state index is 0.350. The molecule has 1 unspecified atom stereocenters. The monoisotopic (exact) mass is 203 g/mol. The second-order valence-corrected chi connectivity index (χ2v) is 5.43. The Morgan fingerprint density at radius 2 is 2.13 bits per heavy atom. The zero-order chi connectivity index (χ0) is 11.1. The van der Waals surface area contributed by atoms with Crippen LogP contribution >= 0.6 is 0 Å². The first kappa shape index (κ1) is 10.7. The number of benzene rings is 1. The third-order valence-corrected chi connectivity index (χ3v) is 3.58. The maximum absolute atomic E-state index is 3.30. The lowest BCUT2D eigenvalue weighted by molar-refractivity contribution is 0.466. The summed E-state index contributed by atoms with van der Waals surface area (Å²) < 4.78 is 0. The highest BCUT2D eigenvalue weighted by Gasteiger charge is 2.35. The van der Waals surface area contributed by atoms with E-state index in [1.165, 1.54) is 12.0 Å². The first-order valence-electron chi connectivity index (χ1n) is 5.80. The van der Waals surface area contributed by atoms with E-state index in [1.54, 1.807) is 11.1 Å². The Hall–Kier alpha value is -0.820. The third kappa shape index (κ3) is 1.81. The highest BCUT2D eigenvalue weighted by Crippen LogP contribution is 2.45. The number of hydrogen-bond acceptors (Lipinski definition) is 1. The van der Waals surface area contributed by atoms with Crippen molar-refractivity contribution in [3.63, 3.8) is 0 Å². The van der Waals surface area contributed by atoms with E-state index < -0.39 is 0 Å². The second-order valence-electron chi connectivity index (χ2n) is 5.43. The van der Waals surface area contributed by atoms with Gasteiger partial charge >= 0.3 is 0 Å². The van der Waals surface area contributed by atoms with Crippen molar-refractivity contribution in [3.05, 3.63) is 34.9 Å². The van der Waals surface area contributed by atoms with Crippen molar-refractivity contribution in [2.24, 2.45) is 0 Å². The van der Waals surface area contributed by atoms with E-state index in [2.05, 4.69) is 44.3 Å². The maximum atomic E-state index is 3.30. The fraction of sp³-hybridized carbons (Fsp3) is 0.571. The zero-order valence-electron chi connectivity index (χ0n) is 10.2. The molecule has 1 aromatic rings. The molecule has 0 saturated carbocycles. The molecular weight excluding hydrogens is 182 g/mol. The molecule has 0 aliphatic heterocycles. The molecular formula is C14H21N. The van der Waals surface area contributed by atoms with Crippen LogP contribution < -0.4 is 5.32 Å². The minimum Gasteiger partial charge on any atom is -0.319 e. The zero-order valence-corrected chi connectivity index (χ0v) is 10.2. The Balaban J connectivity index is 2.43. The number of likely N-dealkylation sites (N-methyl/N-ethyl adjacent to an activating group) is 1. The predicted molar refractivity (Wildman–Crippen MR) is 65.5 cm³/mol. The highest BCUT2D eigenvalue weighted by atomic mass is 14.8. The van der Waals surface area contributed by atoms with Crippen LogP contribution in [0.2, 0.25) is 0 Å². The van der Waals surface area contributed by atoms with Crippen LogP contribution in [-0.4, -0.2) is 13.6 Å². The normalized spacial score (nSPS) is 22.8. The molecule has 1 aromatic carbocycles. The molecule has 0 radical (unpaired) electrons. The van der Waals surface area contributed by atoms with E-state index in [0.29, 0.717) is 11.3 Å². The van der Waals surface area contributed by atoms with Crippen LogP contribution in [-0.2, 0) is 5.41 Å². The molecule has 82 valence electrons. The molecule has 1 nitrogen and oxygen atoms in total. The van der Waals surface area contributed by atoms with Gasteiger partial charge in [0.05, 0.1) is 0 Å². The van der Waals surface area contributed by atoms with Gasteiger partial charge in [-0.2, -0.15) is 0 Å². The lowest BCUT2D eigenvalue weighted by atomic mass is 9.85. The van der Waals surface area contributed by atoms with Crippen molar-refractivity contribution in [3.8, 4) is 0 Å². The second kappa shape index (κ2) is 3.64. The Labute approximate surface area is 92.9 Å². The quantitative estimate of drug-likeness (QED) is 0.779. The molecule has 0 amide bonds. The highest BCUT2D eigenvalue weighted by molar-refractivity contribution is 5.43. The average molecular weight is 203 g/mol. The summed E-state index contributed by atoms with van der Waals surface area (Å²) in [6.07, 6.45) is 1.27. The van der Waals surface area contributed by atoms with Gasteiger partial charge in [-0.25, -0.2) is 0 Å². The smallest absolute Gasteiger partial charge is 0.00175 e. The summed E-state index contributed by atoms with van der Waals surface area (Å²) in [5.74, 6) is 0.695. The lowest BCUT2D eigenvalue weighted by Crippen LogP contribution is -2.17. The molecule has 1 aliphatic carbocycles. The van der Waals surface area contributed by atoms with Crippen LogP contribution in [0.5, 0.6) is 0 Å². The van der Waals surface area contributed by atoms with Crippen molar-refractivity contribution in [2.45, 2.75) is 38.5 Å². The van der Waals surface area contributed by atoms with E-state index in [0.717, 1.165) is 6.54 Å². The van der Waals surface area contributed by atoms with E-state index in [9.17, 15) is 0 Å². The molecule has 1 atom stereocenters. The van der Waals surface area contributed by atoms with Gasteiger partial charge in [-0.1, -0.05) is 37.6 Å². The van der Waals surface area contributed by atoms with Gasteiger partial charge < -0.3 is 5.32 Å². The molecule has 0 aromatic heterocycles. The fourth-order valence-corrected chi connectivity index (χ4v) is 2.88. The van der Waals surface area contributed by atoms with Crippen LogP contribution in [0.1, 0.15) is 42.9 Å². The lowest BCUT2D eigenvalue weighted by Gasteiger charge is -2.19. The molecule has 1 heteroatoms. The van der Waals surface area contributed by atoms with E-state index in [1.807, 2.05) is 7.05 Å². The largest absolute Gasteiger partial charge is 0.319 e. The minimum absolute atomic E-state index is 0.350. The Morgan fingerprint density at radius 3 is 2.80 bits per heavy atom. The summed E-state index contributed by atoms with van der Waals surface area (Å²) in [7, 11) is 2.04. The molecule has 15 heavy (non-hydrogen) atoms. The predicted octanol–water partition coefficient (Wildman–Crippen LogP) is 2.98. The van der Waals surface area contributed by atoms with Gasteiger partial charge in [-0.15, -0.1) is 0 Å². The summed E-state index contributed by atoms with van der Waals surface area (Å²) in [5, 5.41) is 3.30. The number of aryl methyl sites for hydroxylation is 1. The summed E-state index contributed by atoms with van der Waals surface area (Å²) >= 11 is 0. The molecule has 0 fully saturated rings. The van der Waals surface area contributed by atoms with Crippen molar-refractivity contribution in [2.75, 3.05) is 13.6 Å². The van der Waals surface area contributed by atoms with Crippen LogP contribution in [0.4, 0.5) is 0 Å². The maximum Gasteiger partial charge on any atom is 0.00175 e. The fourth-order valence-electron chi connectivity index (χ4n) is 2.88. The summed E-state index contributed by atoms with van der Waals surface area (Å²) in [4.78, 5) is 0. The van der Waals surface area contributed by atoms with Gasteiger partial charge in [0.25, 0.3) is 0 Å². The first-order valence-corrected chi connectivity index (χ1v) is 5.80. The van der Waals surface area contributed by atoms with E-state index >= 15 is 0 Å². The van der Waals surface area contributed by atoms with E-state index in [4.69, 9.17) is 0 Å². The Morgan fingerprint density at radius 1 is 1.40 bits per heavy atom. The Bertz CT molecular complexity index is 366. The van der Waals surface area contributed by atoms with Crippen LogP contribution in [0.3, 0.4) is 0 Å². The van der Waals surface area contributed by atoms with Gasteiger partial charge in [0.2, 0.25) is 0 Å². The number of nitrogens with one attached hydrogen (secondary N) is 1. The van der Waals surface area contributed by atoms with Gasteiger partial charge in [-0.3, -0.25) is 0 Å². The summed E-state index contributed by atoms with van der Waals surface area (Å²) in [6, 6.07) is 6.93. The molecule has 0 bridgehead atoms. The number of fused-ring (bicyclic) bond motifs is 1. The molecule has 1 N–H and O–H groups in total. The summed E-state index contributed by atoms with van der Waals surface area (Å²) in [5.41, 5.74) is 4.85. The van der Waals surface area contributed by atoms with Gasteiger partial charge in [0.15, 0.2) is 0 Å². The summed E-state index contributed by atoms with van der Waals surface area (Å²) in [6.45, 7) is 8.00. The van der Waals surface area contributed by atoms with Crippen LogP contribution in [0.15, 0.2) is 18.2 Å². The molecule has 0 heterocycles. The molecule has 0 saturated heterocycles. The van der Waals surface area contributed by atoms with Gasteiger partial charge in [0.1, 0.15) is 0 Å². The van der Waals surface area contributed by atoms with Gasteiger partial charge in [-0.05, 0) is 42.9 Å². The molecule has 0 spiro atoms. The third-order valence-electron chi connectivity index (χ3n) is 3.58. The molecule has 1 aliphatic rings. The first-order chi connectivity index (χ1) is 7.04. The average Bonchev–Trinajstić information content (AvgIpc) is 2.39. The number of rotatable bonds is 2. The Kier molecular flexibility index (Phi) is 2.59. The van der Waals surface area contributed by atoms with Crippen molar-refractivity contribution >= 4 is 0 Å². The SMILES string of the molecule is CNCC1CC(C)(C)c2cc(C)ccc21. The topological polar surface area (TPSA) is 12.0 Å². The van der Waals surface area contributed by atoms with Gasteiger partial charge in [0, 0.05) is 6.54 Å². The number of hydrogen-bond donors (Lipinski definition) is 1. The van der Waals surface area contributed by atoms with Crippen molar-refractivity contribution in [1.82, 2.24) is 5.32 Å². The van der Waals surface area contributed by atoms with Crippen molar-refractivity contribution < 1.29 is 0 Å². The molecule has 2 rings (SSSR count). The van der Waals surface area contributed by atoms with E-state index in [-0.39, 0.29) is 0 Å². The van der Waals surface area contributed by atoms with Crippen LogP contribution in [0.25, 0.3) is 0 Å². The van der Waals surface area contributed by atoms with Crippen molar-refractivity contribution in [1.29, 1.82) is 0 Å². The standard InChI is InChI=1S/C14H21N/c1-10-5-6-12-11(9-15-4)8-14(2,3)13(12)7-10/h5-7,11,15H,8-9H2,1-4H3.